The van der Waals surface area contributed by atoms with Gasteiger partial charge < -0.3 is 4.42 Å². The summed E-state index contributed by atoms with van der Waals surface area (Å²) in [6, 6.07) is 13.8. The summed E-state index contributed by atoms with van der Waals surface area (Å²) in [5, 5.41) is 4.03. The van der Waals surface area contributed by atoms with E-state index in [1.807, 2.05) is 18.2 Å². The minimum atomic E-state index is -0.122. The van der Waals surface area contributed by atoms with Crippen LogP contribution < -0.4 is 11.0 Å². The molecular formula is C19H19N5O2. The molecule has 0 saturated heterocycles. The third kappa shape index (κ3) is 3.73. The van der Waals surface area contributed by atoms with E-state index >= 15 is 0 Å². The van der Waals surface area contributed by atoms with Gasteiger partial charge in [-0.05, 0) is 17.7 Å². The van der Waals surface area contributed by atoms with E-state index < -0.39 is 0 Å². The molecule has 1 aliphatic rings. The molecule has 3 heterocycles. The average molecular weight is 349 g/mol. The highest BCUT2D eigenvalue weighted by Gasteiger charge is 2.21. The molecule has 0 fully saturated rings. The second-order valence-electron chi connectivity index (χ2n) is 6.17. The van der Waals surface area contributed by atoms with Crippen molar-refractivity contribution < 1.29 is 4.42 Å². The quantitative estimate of drug-likeness (QED) is 0.545. The van der Waals surface area contributed by atoms with Gasteiger partial charge in [0, 0.05) is 26.1 Å². The van der Waals surface area contributed by atoms with E-state index in [4.69, 9.17) is 4.42 Å². The molecule has 2 aromatic heterocycles. The molecule has 0 unspecified atom stereocenters. The molecule has 4 rings (SSSR count). The number of aromatic nitrogens is 2. The number of anilines is 1. The van der Waals surface area contributed by atoms with E-state index in [-0.39, 0.29) is 5.56 Å². The lowest BCUT2D eigenvalue weighted by atomic mass is 10.1. The molecule has 3 aromatic rings. The molecule has 0 bridgehead atoms. The Morgan fingerprint density at radius 2 is 2.15 bits per heavy atom. The predicted octanol–water partition coefficient (Wildman–Crippen LogP) is 2.37. The smallest absolute Gasteiger partial charge is 0.257 e. The fourth-order valence-corrected chi connectivity index (χ4v) is 3.03. The van der Waals surface area contributed by atoms with Crippen molar-refractivity contribution in [3.05, 3.63) is 81.7 Å². The lowest BCUT2D eigenvalue weighted by Crippen LogP contribution is -2.35. The van der Waals surface area contributed by atoms with E-state index in [1.54, 1.807) is 18.4 Å². The molecule has 0 saturated carbocycles. The number of nitrogens with one attached hydrogen (secondary N) is 2. The number of furan rings is 1. The van der Waals surface area contributed by atoms with Crippen molar-refractivity contribution in [1.29, 1.82) is 0 Å². The summed E-state index contributed by atoms with van der Waals surface area (Å²) in [5.41, 5.74) is 5.43. The van der Waals surface area contributed by atoms with Gasteiger partial charge in [-0.3, -0.25) is 14.7 Å². The second kappa shape index (κ2) is 7.37. The summed E-state index contributed by atoms with van der Waals surface area (Å²) >= 11 is 0. The van der Waals surface area contributed by atoms with Gasteiger partial charge in [0.15, 0.2) is 0 Å². The molecule has 0 spiro atoms. The minimum absolute atomic E-state index is 0.122. The molecule has 0 amide bonds. The van der Waals surface area contributed by atoms with Gasteiger partial charge in [0.2, 0.25) is 5.95 Å². The van der Waals surface area contributed by atoms with Crippen molar-refractivity contribution >= 4 is 12.2 Å². The first-order chi connectivity index (χ1) is 12.8. The van der Waals surface area contributed by atoms with Crippen molar-refractivity contribution in [3.63, 3.8) is 0 Å². The number of rotatable bonds is 5. The summed E-state index contributed by atoms with van der Waals surface area (Å²) < 4.78 is 5.16. The Morgan fingerprint density at radius 3 is 2.96 bits per heavy atom. The van der Waals surface area contributed by atoms with Gasteiger partial charge in [-0.1, -0.05) is 30.3 Å². The molecule has 26 heavy (non-hydrogen) atoms. The maximum Gasteiger partial charge on any atom is 0.257 e. The third-order valence-corrected chi connectivity index (χ3v) is 4.30. The molecule has 0 atom stereocenters. The van der Waals surface area contributed by atoms with Crippen molar-refractivity contribution in [3.8, 4) is 0 Å². The van der Waals surface area contributed by atoms with E-state index in [9.17, 15) is 4.79 Å². The van der Waals surface area contributed by atoms with Crippen molar-refractivity contribution in [2.45, 2.75) is 19.5 Å². The van der Waals surface area contributed by atoms with Crippen LogP contribution in [0.2, 0.25) is 0 Å². The average Bonchev–Trinajstić information content (AvgIpc) is 3.17. The number of aromatic amines is 1. The molecule has 1 aromatic carbocycles. The van der Waals surface area contributed by atoms with E-state index in [2.05, 4.69) is 37.5 Å². The number of hydrazone groups is 1. The Morgan fingerprint density at radius 1 is 1.27 bits per heavy atom. The largest absolute Gasteiger partial charge is 0.463 e. The molecule has 2 N–H and O–H groups in total. The van der Waals surface area contributed by atoms with Gasteiger partial charge in [-0.25, -0.2) is 10.4 Å². The number of hydrogen-bond acceptors (Lipinski definition) is 6. The van der Waals surface area contributed by atoms with Crippen molar-refractivity contribution in [2.75, 3.05) is 12.0 Å². The number of nitrogens with zero attached hydrogens (tertiary/aromatic N) is 3. The Labute approximate surface area is 150 Å². The first-order valence-electron chi connectivity index (χ1n) is 8.49. The van der Waals surface area contributed by atoms with E-state index in [0.717, 1.165) is 30.8 Å². The van der Waals surface area contributed by atoms with Gasteiger partial charge in [0.05, 0.1) is 23.7 Å². The maximum absolute atomic E-state index is 12.4. The SMILES string of the molecule is O=c1[nH]c(N/N=C\c2ccco2)nc2c1CN(Cc1ccccc1)CC2. The predicted molar refractivity (Wildman–Crippen MR) is 99.0 cm³/mol. The van der Waals surface area contributed by atoms with Crippen LogP contribution in [0.15, 0.2) is 63.0 Å². The molecule has 1 aliphatic heterocycles. The number of hydrogen-bond donors (Lipinski definition) is 2. The van der Waals surface area contributed by atoms with Crippen LogP contribution in [0.25, 0.3) is 0 Å². The van der Waals surface area contributed by atoms with E-state index in [0.29, 0.717) is 18.3 Å². The number of fused-ring (bicyclic) bond motifs is 1. The third-order valence-electron chi connectivity index (χ3n) is 4.30. The summed E-state index contributed by atoms with van der Waals surface area (Å²) in [4.78, 5) is 22.0. The highest BCUT2D eigenvalue weighted by atomic mass is 16.3. The fourth-order valence-electron chi connectivity index (χ4n) is 3.03. The molecule has 132 valence electrons. The topological polar surface area (TPSA) is 86.5 Å². The van der Waals surface area contributed by atoms with Gasteiger partial charge in [0.1, 0.15) is 5.76 Å². The lowest BCUT2D eigenvalue weighted by Gasteiger charge is -2.27. The maximum atomic E-state index is 12.4. The highest BCUT2D eigenvalue weighted by molar-refractivity contribution is 5.76. The zero-order valence-corrected chi connectivity index (χ0v) is 14.2. The van der Waals surface area contributed by atoms with Crippen LogP contribution in [0.3, 0.4) is 0 Å². The van der Waals surface area contributed by atoms with Gasteiger partial charge in [-0.2, -0.15) is 5.10 Å². The van der Waals surface area contributed by atoms with Crippen LogP contribution in [0.4, 0.5) is 5.95 Å². The van der Waals surface area contributed by atoms with Gasteiger partial charge in [0.25, 0.3) is 5.56 Å². The summed E-state index contributed by atoms with van der Waals surface area (Å²) in [6.07, 6.45) is 3.84. The first kappa shape index (κ1) is 16.3. The molecule has 7 heteroatoms. The Kier molecular flexibility index (Phi) is 4.61. The Balaban J connectivity index is 1.45. The number of benzene rings is 1. The second-order valence-corrected chi connectivity index (χ2v) is 6.17. The highest BCUT2D eigenvalue weighted by Crippen LogP contribution is 2.17. The van der Waals surface area contributed by atoms with Crippen LogP contribution in [0.5, 0.6) is 0 Å². The Hall–Kier alpha value is -3.19. The molecule has 0 radical (unpaired) electrons. The van der Waals surface area contributed by atoms with Crippen LogP contribution >= 0.6 is 0 Å². The fraction of sp³-hybridized carbons (Fsp3) is 0.211. The standard InChI is InChI=1S/C19H19N5O2/c25-18-16-13-24(12-14-5-2-1-3-6-14)9-8-17(16)21-19(22-18)23-20-11-15-7-4-10-26-15/h1-7,10-11H,8-9,12-13H2,(H2,21,22,23,25)/b20-11-. The normalized spacial score (nSPS) is 14.5. The van der Waals surface area contributed by atoms with Crippen molar-refractivity contribution in [2.24, 2.45) is 5.10 Å². The van der Waals surface area contributed by atoms with Gasteiger partial charge >= 0.3 is 0 Å². The van der Waals surface area contributed by atoms with Crippen LogP contribution in [-0.4, -0.2) is 27.6 Å². The summed E-state index contributed by atoms with van der Waals surface area (Å²) in [7, 11) is 0. The lowest BCUT2D eigenvalue weighted by molar-refractivity contribution is 0.242. The molecule has 0 aliphatic carbocycles. The van der Waals surface area contributed by atoms with E-state index in [1.165, 1.54) is 11.8 Å². The number of H-pyrrole nitrogens is 1. The molecular weight excluding hydrogens is 330 g/mol. The van der Waals surface area contributed by atoms with Crippen LogP contribution in [0.1, 0.15) is 22.6 Å². The zero-order chi connectivity index (χ0) is 17.8. The summed E-state index contributed by atoms with van der Waals surface area (Å²) in [6.45, 7) is 2.29. The minimum Gasteiger partial charge on any atom is -0.463 e. The first-order valence-corrected chi connectivity index (χ1v) is 8.49. The Bertz CT molecular complexity index is 948. The van der Waals surface area contributed by atoms with Crippen LogP contribution in [0, 0.1) is 0 Å². The zero-order valence-electron chi connectivity index (χ0n) is 14.2. The van der Waals surface area contributed by atoms with Crippen LogP contribution in [-0.2, 0) is 19.5 Å². The monoisotopic (exact) mass is 349 g/mol. The molecule has 7 nitrogen and oxygen atoms in total. The van der Waals surface area contributed by atoms with Crippen molar-refractivity contribution in [1.82, 2.24) is 14.9 Å². The van der Waals surface area contributed by atoms with Gasteiger partial charge in [-0.15, -0.1) is 0 Å². The summed E-state index contributed by atoms with van der Waals surface area (Å²) in [5.74, 6) is 0.961.